The van der Waals surface area contributed by atoms with E-state index in [-0.39, 0.29) is 0 Å². The van der Waals surface area contributed by atoms with Crippen molar-refractivity contribution >= 4 is 15.9 Å². The van der Waals surface area contributed by atoms with Gasteiger partial charge in [-0.3, -0.25) is 0 Å². The Hall–Kier alpha value is -0.700. The lowest BCUT2D eigenvalue weighted by Gasteiger charge is -2.14. The number of alkyl halides is 1. The molecule has 2 nitrogen and oxygen atoms in total. The second kappa shape index (κ2) is 6.01. The molecule has 0 saturated carbocycles. The average Bonchev–Trinajstić information content (AvgIpc) is 2.30. The molecule has 0 fully saturated rings. The Labute approximate surface area is 99.7 Å². The van der Waals surface area contributed by atoms with Crippen molar-refractivity contribution in [2.45, 2.75) is 19.3 Å². The molecule has 1 aromatic rings. The number of hydrogen-bond donors (Lipinski definition) is 0. The molecule has 0 radical (unpaired) electrons. The third kappa shape index (κ3) is 2.88. The van der Waals surface area contributed by atoms with Gasteiger partial charge in [0.15, 0.2) is 11.5 Å². The van der Waals surface area contributed by atoms with Gasteiger partial charge in [-0.05, 0) is 30.0 Å². The van der Waals surface area contributed by atoms with Crippen LogP contribution in [0.5, 0.6) is 11.5 Å². The third-order valence-electron chi connectivity index (χ3n) is 2.56. The molecule has 0 bridgehead atoms. The zero-order valence-electron chi connectivity index (χ0n) is 9.42. The van der Waals surface area contributed by atoms with Crippen molar-refractivity contribution in [2.75, 3.05) is 19.5 Å². The van der Waals surface area contributed by atoms with Crippen LogP contribution in [-0.4, -0.2) is 19.5 Å². The molecular weight excluding hydrogens is 256 g/mol. The molecule has 15 heavy (non-hydrogen) atoms. The number of ether oxygens (including phenoxy) is 2. The van der Waals surface area contributed by atoms with Gasteiger partial charge < -0.3 is 9.47 Å². The van der Waals surface area contributed by atoms with Gasteiger partial charge in [0.25, 0.3) is 0 Å². The van der Waals surface area contributed by atoms with Crippen LogP contribution >= 0.6 is 15.9 Å². The Balaban J connectivity index is 3.01. The summed E-state index contributed by atoms with van der Waals surface area (Å²) in [5, 5.41) is 0.971. The monoisotopic (exact) mass is 272 g/mol. The highest BCUT2D eigenvalue weighted by Crippen LogP contribution is 2.32. The van der Waals surface area contributed by atoms with Crippen molar-refractivity contribution in [3.63, 3.8) is 0 Å². The van der Waals surface area contributed by atoms with Crippen molar-refractivity contribution in [2.24, 2.45) is 0 Å². The van der Waals surface area contributed by atoms with Gasteiger partial charge in [-0.2, -0.15) is 0 Å². The van der Waals surface area contributed by atoms with Gasteiger partial charge in [-0.25, -0.2) is 0 Å². The van der Waals surface area contributed by atoms with Crippen molar-refractivity contribution < 1.29 is 9.47 Å². The lowest BCUT2D eigenvalue weighted by Crippen LogP contribution is -2.00. The van der Waals surface area contributed by atoms with Crippen LogP contribution in [0.25, 0.3) is 0 Å². The van der Waals surface area contributed by atoms with Crippen molar-refractivity contribution in [1.29, 1.82) is 0 Å². The summed E-state index contributed by atoms with van der Waals surface area (Å²) in [5.74, 6) is 2.12. The van der Waals surface area contributed by atoms with Crippen LogP contribution in [0.4, 0.5) is 0 Å². The van der Waals surface area contributed by atoms with E-state index in [1.54, 1.807) is 14.2 Å². The van der Waals surface area contributed by atoms with E-state index in [1.807, 2.05) is 12.1 Å². The fourth-order valence-electron chi connectivity index (χ4n) is 1.54. The molecule has 84 valence electrons. The molecular formula is C12H17BrO2. The van der Waals surface area contributed by atoms with E-state index in [0.717, 1.165) is 23.2 Å². The molecule has 0 heterocycles. The van der Waals surface area contributed by atoms with Crippen molar-refractivity contribution in [3.05, 3.63) is 23.8 Å². The molecule has 0 spiro atoms. The molecule has 1 aromatic carbocycles. The number of methoxy groups -OCH3 is 2. The zero-order valence-corrected chi connectivity index (χ0v) is 11.0. The Morgan fingerprint density at radius 3 is 2.33 bits per heavy atom. The third-order valence-corrected chi connectivity index (χ3v) is 3.34. The molecule has 0 aliphatic rings. The Bertz CT molecular complexity index is 308. The Morgan fingerprint density at radius 2 is 1.87 bits per heavy atom. The Morgan fingerprint density at radius 1 is 1.20 bits per heavy atom. The van der Waals surface area contributed by atoms with Gasteiger partial charge in [0, 0.05) is 5.33 Å². The molecule has 0 amide bonds. The molecule has 1 atom stereocenters. The average molecular weight is 273 g/mol. The maximum Gasteiger partial charge on any atom is 0.160 e. The molecule has 0 N–H and O–H groups in total. The van der Waals surface area contributed by atoms with Crippen molar-refractivity contribution in [1.82, 2.24) is 0 Å². The minimum atomic E-state index is 0.532. The summed E-state index contributed by atoms with van der Waals surface area (Å²) in [5.41, 5.74) is 1.28. The molecule has 0 aliphatic carbocycles. The first-order valence-corrected chi connectivity index (χ1v) is 6.16. The van der Waals surface area contributed by atoms with E-state index < -0.39 is 0 Å². The van der Waals surface area contributed by atoms with Crippen LogP contribution in [-0.2, 0) is 0 Å². The van der Waals surface area contributed by atoms with E-state index in [4.69, 9.17) is 9.47 Å². The lowest BCUT2D eigenvalue weighted by molar-refractivity contribution is 0.354. The van der Waals surface area contributed by atoms with Crippen LogP contribution < -0.4 is 9.47 Å². The predicted octanol–water partition coefficient (Wildman–Crippen LogP) is 3.59. The fourth-order valence-corrected chi connectivity index (χ4v) is 2.37. The normalized spacial score (nSPS) is 12.3. The molecule has 0 aromatic heterocycles. The van der Waals surface area contributed by atoms with Crippen LogP contribution in [0.2, 0.25) is 0 Å². The number of benzene rings is 1. The lowest BCUT2D eigenvalue weighted by atomic mass is 9.98. The molecule has 3 heteroatoms. The first kappa shape index (κ1) is 12.4. The van der Waals surface area contributed by atoms with Crippen LogP contribution in [0.15, 0.2) is 18.2 Å². The van der Waals surface area contributed by atoms with E-state index in [0.29, 0.717) is 5.92 Å². The SMILES string of the molecule is CCC(CBr)c1ccc(OC)c(OC)c1. The largest absolute Gasteiger partial charge is 0.493 e. The predicted molar refractivity (Wildman–Crippen MR) is 66.4 cm³/mol. The maximum atomic E-state index is 5.28. The summed E-state index contributed by atoms with van der Waals surface area (Å²) in [6.45, 7) is 2.18. The van der Waals surface area contributed by atoms with Crippen molar-refractivity contribution in [3.8, 4) is 11.5 Å². The zero-order chi connectivity index (χ0) is 11.3. The van der Waals surface area contributed by atoms with E-state index >= 15 is 0 Å². The summed E-state index contributed by atoms with van der Waals surface area (Å²) in [6, 6.07) is 6.10. The summed E-state index contributed by atoms with van der Waals surface area (Å²) < 4.78 is 10.5. The number of rotatable bonds is 5. The van der Waals surface area contributed by atoms with Crippen LogP contribution in [0.3, 0.4) is 0 Å². The minimum absolute atomic E-state index is 0.532. The van der Waals surface area contributed by atoms with Gasteiger partial charge in [-0.1, -0.05) is 28.9 Å². The highest BCUT2D eigenvalue weighted by Gasteiger charge is 2.11. The first-order chi connectivity index (χ1) is 7.26. The van der Waals surface area contributed by atoms with E-state index in [1.165, 1.54) is 5.56 Å². The summed E-state index contributed by atoms with van der Waals surface area (Å²) in [6.07, 6.45) is 1.11. The summed E-state index contributed by atoms with van der Waals surface area (Å²) >= 11 is 3.52. The topological polar surface area (TPSA) is 18.5 Å². The van der Waals surface area contributed by atoms with Gasteiger partial charge in [0.1, 0.15) is 0 Å². The number of halogens is 1. The smallest absolute Gasteiger partial charge is 0.160 e. The molecule has 0 saturated heterocycles. The van der Waals surface area contributed by atoms with E-state index in [2.05, 4.69) is 28.9 Å². The summed E-state index contributed by atoms with van der Waals surface area (Å²) in [7, 11) is 3.32. The maximum absolute atomic E-state index is 5.28. The standard InChI is InChI=1S/C12H17BrO2/c1-4-9(8-13)10-5-6-11(14-2)12(7-10)15-3/h5-7,9H,4,8H2,1-3H3. The highest BCUT2D eigenvalue weighted by atomic mass is 79.9. The van der Waals surface area contributed by atoms with E-state index in [9.17, 15) is 0 Å². The Kier molecular flexibility index (Phi) is 4.95. The first-order valence-electron chi connectivity index (χ1n) is 5.04. The minimum Gasteiger partial charge on any atom is -0.493 e. The quantitative estimate of drug-likeness (QED) is 0.763. The summed E-state index contributed by atoms with van der Waals surface area (Å²) in [4.78, 5) is 0. The van der Waals surface area contributed by atoms with Gasteiger partial charge in [0.2, 0.25) is 0 Å². The highest BCUT2D eigenvalue weighted by molar-refractivity contribution is 9.09. The van der Waals surface area contributed by atoms with Gasteiger partial charge in [-0.15, -0.1) is 0 Å². The van der Waals surface area contributed by atoms with Crippen LogP contribution in [0.1, 0.15) is 24.8 Å². The van der Waals surface area contributed by atoms with Crippen LogP contribution in [0, 0.1) is 0 Å². The number of hydrogen-bond acceptors (Lipinski definition) is 2. The molecule has 1 rings (SSSR count). The second-order valence-electron chi connectivity index (χ2n) is 3.37. The second-order valence-corrected chi connectivity index (χ2v) is 4.02. The molecule has 0 aliphatic heterocycles. The van der Waals surface area contributed by atoms with Gasteiger partial charge >= 0.3 is 0 Å². The molecule has 1 unspecified atom stereocenters. The van der Waals surface area contributed by atoms with Gasteiger partial charge in [0.05, 0.1) is 14.2 Å². The fraction of sp³-hybridized carbons (Fsp3) is 0.500.